The third-order valence-corrected chi connectivity index (χ3v) is 4.02. The minimum atomic E-state index is -1.69. The van der Waals surface area contributed by atoms with Crippen molar-refractivity contribution in [2.75, 3.05) is 6.61 Å². The number of aliphatic hydroxyl groups is 1. The van der Waals surface area contributed by atoms with E-state index in [-0.39, 0.29) is 37.9 Å². The predicted octanol–water partition coefficient (Wildman–Crippen LogP) is 0.406. The number of ether oxygens (including phenoxy) is 3. The minimum absolute atomic E-state index is 0.0890. The van der Waals surface area contributed by atoms with Gasteiger partial charge in [0, 0.05) is 12.6 Å². The van der Waals surface area contributed by atoms with Crippen LogP contribution in [0.4, 0.5) is 4.79 Å². The molecule has 3 atom stereocenters. The third-order valence-electron chi connectivity index (χ3n) is 4.02. The van der Waals surface area contributed by atoms with E-state index in [1.807, 2.05) is 0 Å². The number of hydrogen-bond acceptors (Lipinski definition) is 9. The average molecular weight is 413 g/mol. The molecule has 2 N–H and O–H groups in total. The van der Waals surface area contributed by atoms with Gasteiger partial charge < -0.3 is 24.4 Å². The fourth-order valence-electron chi connectivity index (χ4n) is 2.65. The molecule has 14 nitrogen and oxygen atoms in total. The van der Waals surface area contributed by atoms with Gasteiger partial charge in [-0.1, -0.05) is 4.68 Å². The first-order chi connectivity index (χ1) is 13.7. The maximum Gasteiger partial charge on any atom is 0.510 e. The normalized spacial score (nSPS) is 19.2. The lowest BCUT2D eigenvalue weighted by Crippen LogP contribution is -2.40. The summed E-state index contributed by atoms with van der Waals surface area (Å²) in [7, 11) is 0. The van der Waals surface area contributed by atoms with Crippen molar-refractivity contribution in [1.29, 1.82) is 0 Å². The van der Waals surface area contributed by atoms with E-state index < -0.39 is 42.0 Å². The smallest absolute Gasteiger partial charge is 0.481 e. The molecule has 2 rings (SSSR count). The molecular formula is C15H19N5O9. The van der Waals surface area contributed by atoms with Crippen LogP contribution in [0.25, 0.3) is 10.4 Å². The zero-order valence-corrected chi connectivity index (χ0v) is 15.3. The molecule has 2 heterocycles. The van der Waals surface area contributed by atoms with Crippen molar-refractivity contribution in [1.82, 2.24) is 9.24 Å². The number of nitrogens with zero attached hydrogens (tertiary/aromatic N) is 5. The minimum Gasteiger partial charge on any atom is -0.481 e. The predicted molar refractivity (Wildman–Crippen MR) is 92.7 cm³/mol. The first-order valence-corrected chi connectivity index (χ1v) is 8.53. The highest BCUT2D eigenvalue weighted by atomic mass is 16.8. The van der Waals surface area contributed by atoms with Gasteiger partial charge in [-0.2, -0.15) is 4.91 Å². The quantitative estimate of drug-likeness (QED) is 0.151. The Morgan fingerprint density at radius 3 is 2.83 bits per heavy atom. The molecule has 158 valence electrons. The Balaban J connectivity index is 1.99. The van der Waals surface area contributed by atoms with E-state index in [0.29, 0.717) is 4.68 Å². The van der Waals surface area contributed by atoms with E-state index >= 15 is 0 Å². The van der Waals surface area contributed by atoms with Crippen molar-refractivity contribution in [3.8, 4) is 0 Å². The largest absolute Gasteiger partial charge is 0.510 e. The maximum absolute atomic E-state index is 12.3. The number of aromatic nitrogens is 2. The van der Waals surface area contributed by atoms with Gasteiger partial charge in [0.2, 0.25) is 6.29 Å². The number of carboxylic acids is 1. The Morgan fingerprint density at radius 1 is 1.45 bits per heavy atom. The molecule has 0 aliphatic carbocycles. The van der Waals surface area contributed by atoms with Gasteiger partial charge in [0.1, 0.15) is 12.3 Å². The zero-order chi connectivity index (χ0) is 21.6. The van der Waals surface area contributed by atoms with E-state index in [1.54, 1.807) is 0 Å². The van der Waals surface area contributed by atoms with Crippen molar-refractivity contribution < 1.29 is 34.0 Å². The standard InChI is InChI=1S/C15H19N5O9/c1-8-7-19(14(25)20(12(8)23)18-17-16)10-5-4-9(28-10)13(24)29-15(26)27-6-2-3-11(21)22/h7,9-10,13,24H,2-6H2,1H3,(H,21,22)/t9-,10+,13?/m0/s1. The van der Waals surface area contributed by atoms with Crippen molar-refractivity contribution in [3.05, 3.63) is 43.0 Å². The summed E-state index contributed by atoms with van der Waals surface area (Å²) >= 11 is 0. The molecule has 1 saturated heterocycles. The van der Waals surface area contributed by atoms with Crippen LogP contribution in [0.3, 0.4) is 0 Å². The second kappa shape index (κ2) is 9.73. The van der Waals surface area contributed by atoms with Gasteiger partial charge in [0.25, 0.3) is 0 Å². The Hall–Kier alpha value is -3.35. The molecule has 1 fully saturated rings. The third kappa shape index (κ3) is 5.57. The Kier molecular flexibility index (Phi) is 7.36. The molecule has 1 aromatic rings. The Labute approximate surface area is 162 Å². The second-order valence-corrected chi connectivity index (χ2v) is 6.11. The van der Waals surface area contributed by atoms with Gasteiger partial charge in [0.05, 0.1) is 12.2 Å². The zero-order valence-electron chi connectivity index (χ0n) is 15.3. The molecule has 0 amide bonds. The summed E-state index contributed by atoms with van der Waals surface area (Å²) in [5.74, 6) is -1.04. The number of carbonyl (C=O) groups excluding carboxylic acids is 1. The van der Waals surface area contributed by atoms with Crippen LogP contribution in [0.1, 0.15) is 37.5 Å². The first kappa shape index (κ1) is 21.9. The van der Waals surface area contributed by atoms with Gasteiger partial charge >= 0.3 is 23.4 Å². The molecule has 0 bridgehead atoms. The van der Waals surface area contributed by atoms with Crippen molar-refractivity contribution >= 4 is 12.1 Å². The lowest BCUT2D eigenvalue weighted by atomic mass is 10.2. The van der Waals surface area contributed by atoms with Gasteiger partial charge in [-0.05, 0) is 31.4 Å². The molecule has 29 heavy (non-hydrogen) atoms. The molecule has 0 spiro atoms. The number of carboxylic acid groups (broad SMARTS) is 1. The number of aliphatic carboxylic acids is 1. The summed E-state index contributed by atoms with van der Waals surface area (Å²) in [6.45, 7) is 1.23. The second-order valence-electron chi connectivity index (χ2n) is 6.11. The highest BCUT2D eigenvalue weighted by Crippen LogP contribution is 2.29. The summed E-state index contributed by atoms with van der Waals surface area (Å²) in [4.78, 5) is 48.5. The van der Waals surface area contributed by atoms with Crippen molar-refractivity contribution in [3.63, 3.8) is 0 Å². The molecule has 1 aromatic heterocycles. The van der Waals surface area contributed by atoms with Crippen LogP contribution < -0.4 is 11.2 Å². The number of carbonyl (C=O) groups is 2. The SMILES string of the molecule is Cc1cn([C@H]2CC[C@@H](C(O)OC(=O)OCCCC(=O)O)O2)c(=O)n(N=[N+]=[N-])c1=O. The van der Waals surface area contributed by atoms with Gasteiger partial charge in [-0.25, -0.2) is 14.4 Å². The van der Waals surface area contributed by atoms with Crippen LogP contribution in [-0.2, 0) is 19.0 Å². The Morgan fingerprint density at radius 2 is 2.17 bits per heavy atom. The highest BCUT2D eigenvalue weighted by molar-refractivity contribution is 5.66. The van der Waals surface area contributed by atoms with Crippen molar-refractivity contribution in [2.45, 2.75) is 51.2 Å². The summed E-state index contributed by atoms with van der Waals surface area (Å²) in [5, 5.41) is 21.5. The van der Waals surface area contributed by atoms with E-state index in [2.05, 4.69) is 19.6 Å². The van der Waals surface area contributed by atoms with E-state index in [0.717, 1.165) is 4.57 Å². The van der Waals surface area contributed by atoms with E-state index in [9.17, 15) is 24.3 Å². The number of aliphatic hydroxyl groups excluding tert-OH is 1. The van der Waals surface area contributed by atoms with Gasteiger partial charge in [-0.3, -0.25) is 9.36 Å². The first-order valence-electron chi connectivity index (χ1n) is 8.53. The van der Waals surface area contributed by atoms with Crippen molar-refractivity contribution in [2.24, 2.45) is 5.22 Å². The van der Waals surface area contributed by atoms with Crippen LogP contribution in [0.2, 0.25) is 0 Å². The molecule has 0 radical (unpaired) electrons. The molecule has 0 saturated carbocycles. The van der Waals surface area contributed by atoms with Gasteiger partial charge in [-0.15, -0.1) is 5.53 Å². The van der Waals surface area contributed by atoms with Crippen LogP contribution in [-0.4, -0.2) is 50.6 Å². The summed E-state index contributed by atoms with van der Waals surface area (Å²) in [5.41, 5.74) is 6.96. The number of rotatable bonds is 8. The highest BCUT2D eigenvalue weighted by Gasteiger charge is 2.35. The summed E-state index contributed by atoms with van der Waals surface area (Å²) in [6.07, 6.45) is -3.15. The number of hydrogen-bond donors (Lipinski definition) is 2. The van der Waals surface area contributed by atoms with E-state index in [1.165, 1.54) is 13.1 Å². The fraction of sp³-hybridized carbons (Fsp3) is 0.600. The monoisotopic (exact) mass is 413 g/mol. The van der Waals surface area contributed by atoms with Gasteiger partial charge in [0.15, 0.2) is 0 Å². The molecular weight excluding hydrogens is 394 g/mol. The van der Waals surface area contributed by atoms with Crippen LogP contribution >= 0.6 is 0 Å². The lowest BCUT2D eigenvalue weighted by molar-refractivity contribution is -0.163. The summed E-state index contributed by atoms with van der Waals surface area (Å²) in [6, 6.07) is 0. The molecule has 1 aliphatic heterocycles. The van der Waals surface area contributed by atoms with Crippen LogP contribution in [0.15, 0.2) is 21.0 Å². The molecule has 14 heteroatoms. The fourth-order valence-corrected chi connectivity index (χ4v) is 2.65. The average Bonchev–Trinajstić information content (AvgIpc) is 3.15. The molecule has 1 aliphatic rings. The van der Waals surface area contributed by atoms with Crippen LogP contribution in [0.5, 0.6) is 0 Å². The number of aryl methyl sites for hydroxylation is 1. The van der Waals surface area contributed by atoms with Crippen LogP contribution in [0, 0.1) is 6.92 Å². The molecule has 1 unspecified atom stereocenters. The summed E-state index contributed by atoms with van der Waals surface area (Å²) < 4.78 is 16.2. The van der Waals surface area contributed by atoms with E-state index in [4.69, 9.17) is 15.4 Å². The molecule has 0 aromatic carbocycles. The topological polar surface area (TPSA) is 195 Å². The number of azide groups is 1. The Bertz CT molecular complexity index is 933. The maximum atomic E-state index is 12.3. The lowest BCUT2D eigenvalue weighted by Gasteiger charge is -2.19.